The summed E-state index contributed by atoms with van der Waals surface area (Å²) in [5.41, 5.74) is 0.543. The monoisotopic (exact) mass is 409 g/mol. The van der Waals surface area contributed by atoms with E-state index in [-0.39, 0.29) is 18.4 Å². The van der Waals surface area contributed by atoms with Crippen LogP contribution in [-0.2, 0) is 16.1 Å². The maximum atomic E-state index is 13.6. The number of hydrogen-bond acceptors (Lipinski definition) is 5. The van der Waals surface area contributed by atoms with Gasteiger partial charge < -0.3 is 14.8 Å². The summed E-state index contributed by atoms with van der Waals surface area (Å²) in [4.78, 5) is 32.6. The van der Waals surface area contributed by atoms with Gasteiger partial charge >= 0.3 is 0 Å². The third kappa shape index (κ3) is 4.03. The molecule has 1 N–H and O–H groups in total. The Morgan fingerprint density at radius 1 is 1.20 bits per heavy atom. The molecule has 1 saturated heterocycles. The lowest BCUT2D eigenvalue weighted by atomic mass is 9.89. The third-order valence-corrected chi connectivity index (χ3v) is 5.90. The van der Waals surface area contributed by atoms with E-state index in [0.717, 1.165) is 37.8 Å². The Morgan fingerprint density at radius 3 is 2.77 bits per heavy atom. The van der Waals surface area contributed by atoms with E-state index in [1.165, 1.54) is 0 Å². The molecule has 158 valence electrons. The fraction of sp³-hybridized carbons (Fsp3) is 0.435. The smallest absolute Gasteiger partial charge is 0.257 e. The van der Waals surface area contributed by atoms with E-state index in [4.69, 9.17) is 9.47 Å². The van der Waals surface area contributed by atoms with Crippen molar-refractivity contribution in [3.63, 3.8) is 0 Å². The zero-order valence-corrected chi connectivity index (χ0v) is 17.2. The molecule has 4 rings (SSSR count). The lowest BCUT2D eigenvalue weighted by Gasteiger charge is -2.41. The Balaban J connectivity index is 1.58. The van der Waals surface area contributed by atoms with Crippen LogP contribution in [0.4, 0.5) is 0 Å². The van der Waals surface area contributed by atoms with Crippen molar-refractivity contribution >= 4 is 11.8 Å². The Kier molecular flexibility index (Phi) is 5.99. The van der Waals surface area contributed by atoms with Crippen LogP contribution in [0.3, 0.4) is 0 Å². The topological polar surface area (TPSA) is 80.8 Å². The molecule has 1 saturated carbocycles. The molecule has 0 bridgehead atoms. The Bertz CT molecular complexity index is 896. The number of ether oxygens (including phenoxy) is 2. The van der Waals surface area contributed by atoms with Gasteiger partial charge in [0.2, 0.25) is 5.91 Å². The summed E-state index contributed by atoms with van der Waals surface area (Å²) in [6.07, 6.45) is 6.24. The van der Waals surface area contributed by atoms with Crippen LogP contribution >= 0.6 is 0 Å². The minimum atomic E-state index is -0.717. The van der Waals surface area contributed by atoms with Crippen molar-refractivity contribution in [2.45, 2.75) is 50.4 Å². The molecule has 1 atom stereocenters. The molecule has 1 aromatic heterocycles. The number of amides is 2. The second-order valence-electron chi connectivity index (χ2n) is 7.78. The minimum absolute atomic E-state index is 0.198. The van der Waals surface area contributed by atoms with Crippen LogP contribution in [-0.4, -0.2) is 47.2 Å². The van der Waals surface area contributed by atoms with Gasteiger partial charge in [-0.3, -0.25) is 19.5 Å². The molecule has 1 spiro atoms. The first-order valence-corrected chi connectivity index (χ1v) is 10.4. The highest BCUT2D eigenvalue weighted by atomic mass is 16.5. The highest BCUT2D eigenvalue weighted by molar-refractivity contribution is 5.98. The molecule has 1 aliphatic carbocycles. The van der Waals surface area contributed by atoms with Gasteiger partial charge in [-0.05, 0) is 56.0 Å². The first-order valence-electron chi connectivity index (χ1n) is 10.4. The zero-order chi connectivity index (χ0) is 21.0. The molecule has 2 fully saturated rings. The zero-order valence-electron chi connectivity index (χ0n) is 17.2. The van der Waals surface area contributed by atoms with Crippen molar-refractivity contribution in [2.24, 2.45) is 0 Å². The predicted molar refractivity (Wildman–Crippen MR) is 111 cm³/mol. The van der Waals surface area contributed by atoms with Crippen molar-refractivity contribution in [3.05, 3.63) is 59.9 Å². The molecule has 2 aliphatic rings. The van der Waals surface area contributed by atoms with Crippen molar-refractivity contribution in [1.29, 1.82) is 0 Å². The quantitative estimate of drug-likeness (QED) is 0.821. The first kappa shape index (κ1) is 20.3. The lowest BCUT2D eigenvalue weighted by Crippen LogP contribution is -2.56. The van der Waals surface area contributed by atoms with Gasteiger partial charge in [-0.2, -0.15) is 0 Å². The van der Waals surface area contributed by atoms with Crippen molar-refractivity contribution in [2.75, 3.05) is 13.7 Å². The summed E-state index contributed by atoms with van der Waals surface area (Å²) in [6.45, 7) is 0.508. The summed E-state index contributed by atoms with van der Waals surface area (Å²) in [5.74, 6) is 0.181. The van der Waals surface area contributed by atoms with Gasteiger partial charge in [-0.25, -0.2) is 0 Å². The predicted octanol–water partition coefficient (Wildman–Crippen LogP) is 2.91. The molecule has 2 heterocycles. The van der Waals surface area contributed by atoms with E-state index in [1.54, 1.807) is 42.5 Å². The molecule has 7 heteroatoms. The average Bonchev–Trinajstić information content (AvgIpc) is 3.16. The number of aromatic nitrogens is 1. The Hall–Kier alpha value is -2.93. The molecule has 1 aliphatic heterocycles. The fourth-order valence-corrected chi connectivity index (χ4v) is 4.36. The summed E-state index contributed by atoms with van der Waals surface area (Å²) >= 11 is 0. The van der Waals surface area contributed by atoms with E-state index in [1.807, 2.05) is 18.2 Å². The summed E-state index contributed by atoms with van der Waals surface area (Å²) in [6, 6.07) is 11.9. The number of rotatable bonds is 5. The molecule has 2 amide bonds. The molecule has 0 radical (unpaired) electrons. The Morgan fingerprint density at radius 2 is 2.03 bits per heavy atom. The maximum Gasteiger partial charge on any atom is 0.257 e. The van der Waals surface area contributed by atoms with Gasteiger partial charge in [0.05, 0.1) is 26.0 Å². The highest BCUT2D eigenvalue weighted by Crippen LogP contribution is 2.41. The van der Waals surface area contributed by atoms with Gasteiger partial charge in [0, 0.05) is 11.8 Å². The van der Waals surface area contributed by atoms with Gasteiger partial charge in [0.1, 0.15) is 17.5 Å². The number of pyridine rings is 1. The van der Waals surface area contributed by atoms with Crippen LogP contribution in [0.25, 0.3) is 0 Å². The van der Waals surface area contributed by atoms with E-state index >= 15 is 0 Å². The van der Waals surface area contributed by atoms with E-state index in [2.05, 4.69) is 10.3 Å². The normalized spacial score (nSPS) is 20.2. The van der Waals surface area contributed by atoms with Crippen LogP contribution in [0.5, 0.6) is 5.75 Å². The molecular formula is C23H27N3O4. The second-order valence-corrected chi connectivity index (χ2v) is 7.78. The SMILES string of the molecule is COc1cccc(C(=O)N2[C@H](C(=O)NCc3ccccn3)COC23CCCCC3)c1. The number of nitrogens with one attached hydrogen (secondary N) is 1. The average molecular weight is 409 g/mol. The fourth-order valence-electron chi connectivity index (χ4n) is 4.36. The largest absolute Gasteiger partial charge is 0.497 e. The maximum absolute atomic E-state index is 13.6. The summed E-state index contributed by atoms with van der Waals surface area (Å²) in [5, 5.41) is 2.92. The highest BCUT2D eigenvalue weighted by Gasteiger charge is 2.52. The minimum Gasteiger partial charge on any atom is -0.497 e. The van der Waals surface area contributed by atoms with Gasteiger partial charge in [0.15, 0.2) is 0 Å². The van der Waals surface area contributed by atoms with E-state index in [9.17, 15) is 9.59 Å². The molecule has 1 aromatic carbocycles. The standard InChI is InChI=1S/C23H27N3O4/c1-29-19-10-7-8-17(14-19)22(28)26-20(16-30-23(26)11-4-2-5-12-23)21(27)25-15-18-9-3-6-13-24-18/h3,6-10,13-14,20H,2,4-5,11-12,15-16H2,1H3,(H,25,27)/t20-/m0/s1. The number of benzene rings is 1. The second kappa shape index (κ2) is 8.83. The number of carbonyl (C=O) groups excluding carboxylic acids is 2. The van der Waals surface area contributed by atoms with Crippen LogP contribution in [0, 0.1) is 0 Å². The van der Waals surface area contributed by atoms with Crippen molar-refractivity contribution in [1.82, 2.24) is 15.2 Å². The van der Waals surface area contributed by atoms with Gasteiger partial charge in [-0.1, -0.05) is 18.6 Å². The number of hydrogen-bond donors (Lipinski definition) is 1. The Labute approximate surface area is 176 Å². The molecular weight excluding hydrogens is 382 g/mol. The van der Waals surface area contributed by atoms with Crippen LogP contribution in [0.2, 0.25) is 0 Å². The molecule has 2 aromatic rings. The first-order chi connectivity index (χ1) is 14.6. The number of carbonyl (C=O) groups is 2. The molecule has 0 unspecified atom stereocenters. The van der Waals surface area contributed by atoms with Crippen molar-refractivity contribution < 1.29 is 19.1 Å². The number of nitrogens with zero attached hydrogens (tertiary/aromatic N) is 2. The van der Waals surface area contributed by atoms with Gasteiger partial charge in [0.25, 0.3) is 5.91 Å². The van der Waals surface area contributed by atoms with E-state index in [0.29, 0.717) is 17.9 Å². The number of methoxy groups -OCH3 is 1. The summed E-state index contributed by atoms with van der Waals surface area (Å²) in [7, 11) is 1.57. The van der Waals surface area contributed by atoms with Crippen LogP contribution in [0.1, 0.15) is 48.2 Å². The molecule has 7 nitrogen and oxygen atoms in total. The summed E-state index contributed by atoms with van der Waals surface area (Å²) < 4.78 is 11.5. The van der Waals surface area contributed by atoms with Crippen LogP contribution < -0.4 is 10.1 Å². The molecule has 30 heavy (non-hydrogen) atoms. The van der Waals surface area contributed by atoms with E-state index < -0.39 is 11.8 Å². The van der Waals surface area contributed by atoms with Crippen LogP contribution in [0.15, 0.2) is 48.7 Å². The third-order valence-electron chi connectivity index (χ3n) is 5.90. The van der Waals surface area contributed by atoms with Gasteiger partial charge in [-0.15, -0.1) is 0 Å². The lowest BCUT2D eigenvalue weighted by molar-refractivity contribution is -0.127. The van der Waals surface area contributed by atoms with Crippen molar-refractivity contribution in [3.8, 4) is 5.75 Å².